The summed E-state index contributed by atoms with van der Waals surface area (Å²) in [5, 5.41) is 1.88. The fourth-order valence-corrected chi connectivity index (χ4v) is 4.07. The molecular formula is C19H11FO5S2. The van der Waals surface area contributed by atoms with Crippen molar-refractivity contribution in [3.8, 4) is 11.5 Å². The summed E-state index contributed by atoms with van der Waals surface area (Å²) in [4.78, 5) is 13.1. The van der Waals surface area contributed by atoms with Crippen LogP contribution in [-0.4, -0.2) is 14.2 Å². The first kappa shape index (κ1) is 17.4. The van der Waals surface area contributed by atoms with Crippen LogP contribution in [0, 0.1) is 5.82 Å². The van der Waals surface area contributed by atoms with Crippen molar-refractivity contribution in [3.63, 3.8) is 0 Å². The van der Waals surface area contributed by atoms with Gasteiger partial charge in [0.15, 0.2) is 5.76 Å². The molecule has 0 amide bonds. The fraction of sp³-hybridized carbons (Fsp3) is 0. The molecule has 0 N–H and O–H groups in total. The Morgan fingerprint density at radius 2 is 1.85 bits per heavy atom. The number of hydrogen-bond donors (Lipinski definition) is 0. The molecule has 27 heavy (non-hydrogen) atoms. The molecule has 5 nitrogen and oxygen atoms in total. The average Bonchev–Trinajstić information content (AvgIpc) is 3.24. The van der Waals surface area contributed by atoms with Crippen LogP contribution in [0.25, 0.3) is 6.08 Å². The number of fused-ring (bicyclic) bond motifs is 1. The lowest BCUT2D eigenvalue weighted by molar-refractivity contribution is 0.101. The largest absolute Gasteiger partial charge is 0.452 e. The second kappa shape index (κ2) is 6.64. The number of ether oxygens (including phenoxy) is 1. The Bertz CT molecular complexity index is 1150. The molecule has 0 saturated carbocycles. The van der Waals surface area contributed by atoms with Crippen molar-refractivity contribution in [2.75, 3.05) is 0 Å². The Kier molecular flexibility index (Phi) is 4.29. The maximum Gasteiger partial charge on any atom is 0.339 e. The number of Topliss-reactive ketones (excluding diaryl/α,β-unsaturated/α-hetero) is 1. The van der Waals surface area contributed by atoms with Crippen LogP contribution in [0.15, 0.2) is 70.6 Å². The van der Waals surface area contributed by atoms with Gasteiger partial charge in [-0.25, -0.2) is 4.39 Å². The van der Waals surface area contributed by atoms with Gasteiger partial charge in [-0.05, 0) is 47.8 Å². The number of hydrogen-bond acceptors (Lipinski definition) is 6. The smallest absolute Gasteiger partial charge is 0.339 e. The number of benzene rings is 2. The molecule has 1 aliphatic rings. The lowest BCUT2D eigenvalue weighted by atomic mass is 10.1. The van der Waals surface area contributed by atoms with Crippen LogP contribution in [0.2, 0.25) is 0 Å². The second-order valence-corrected chi connectivity index (χ2v) is 8.13. The van der Waals surface area contributed by atoms with Crippen molar-refractivity contribution in [2.24, 2.45) is 0 Å². The van der Waals surface area contributed by atoms with Crippen molar-refractivity contribution in [1.29, 1.82) is 0 Å². The van der Waals surface area contributed by atoms with Crippen molar-refractivity contribution in [3.05, 3.63) is 82.0 Å². The Morgan fingerprint density at radius 1 is 1.07 bits per heavy atom. The van der Waals surface area contributed by atoms with E-state index >= 15 is 0 Å². The third kappa shape index (κ3) is 3.49. The molecule has 0 fully saturated rings. The summed E-state index contributed by atoms with van der Waals surface area (Å²) in [5.74, 6) is -0.473. The summed E-state index contributed by atoms with van der Waals surface area (Å²) in [7, 11) is -4.14. The van der Waals surface area contributed by atoms with Crippen molar-refractivity contribution < 1.29 is 26.5 Å². The van der Waals surface area contributed by atoms with Crippen LogP contribution in [0.4, 0.5) is 4.39 Å². The average molecular weight is 402 g/mol. The molecule has 136 valence electrons. The van der Waals surface area contributed by atoms with Gasteiger partial charge in [-0.1, -0.05) is 6.07 Å². The van der Waals surface area contributed by atoms with Gasteiger partial charge in [-0.2, -0.15) is 8.42 Å². The van der Waals surface area contributed by atoms with E-state index in [2.05, 4.69) is 0 Å². The minimum absolute atomic E-state index is 0.0109. The van der Waals surface area contributed by atoms with E-state index in [1.54, 1.807) is 6.08 Å². The predicted octanol–water partition coefficient (Wildman–Crippen LogP) is 4.27. The summed E-state index contributed by atoms with van der Waals surface area (Å²) >= 11 is 1.46. The Hall–Kier alpha value is -2.97. The normalized spacial score (nSPS) is 14.9. The lowest BCUT2D eigenvalue weighted by Crippen LogP contribution is -2.09. The summed E-state index contributed by atoms with van der Waals surface area (Å²) in [6.45, 7) is 0. The van der Waals surface area contributed by atoms with Crippen molar-refractivity contribution >= 4 is 33.3 Å². The second-order valence-electron chi connectivity index (χ2n) is 5.60. The molecule has 0 bridgehead atoms. The van der Waals surface area contributed by atoms with Gasteiger partial charge in [0.2, 0.25) is 5.78 Å². The maximum atomic E-state index is 13.0. The molecule has 1 aromatic heterocycles. The van der Waals surface area contributed by atoms with Crippen LogP contribution < -0.4 is 8.92 Å². The topological polar surface area (TPSA) is 69.7 Å². The van der Waals surface area contributed by atoms with Gasteiger partial charge in [0, 0.05) is 17.0 Å². The van der Waals surface area contributed by atoms with Gasteiger partial charge < -0.3 is 8.92 Å². The van der Waals surface area contributed by atoms with E-state index < -0.39 is 15.9 Å². The summed E-state index contributed by atoms with van der Waals surface area (Å²) in [6, 6.07) is 12.1. The Labute approximate surface area is 158 Å². The van der Waals surface area contributed by atoms with Crippen molar-refractivity contribution in [1.82, 2.24) is 0 Å². The quantitative estimate of drug-likeness (QED) is 0.481. The van der Waals surface area contributed by atoms with Gasteiger partial charge in [0.1, 0.15) is 22.2 Å². The van der Waals surface area contributed by atoms with Crippen molar-refractivity contribution in [2.45, 2.75) is 4.90 Å². The van der Waals surface area contributed by atoms with Gasteiger partial charge >= 0.3 is 10.1 Å². The number of halogens is 1. The van der Waals surface area contributed by atoms with Gasteiger partial charge in [0.25, 0.3) is 0 Å². The monoisotopic (exact) mass is 402 g/mol. The Balaban J connectivity index is 1.60. The van der Waals surface area contributed by atoms with E-state index in [0.717, 1.165) is 29.1 Å². The van der Waals surface area contributed by atoms with E-state index in [4.69, 9.17) is 8.92 Å². The zero-order chi connectivity index (χ0) is 19.0. The number of thiophene rings is 1. The third-order valence-corrected chi connectivity index (χ3v) is 5.85. The van der Waals surface area contributed by atoms with Crippen LogP contribution in [0.1, 0.15) is 15.2 Å². The highest BCUT2D eigenvalue weighted by Crippen LogP contribution is 2.36. The summed E-state index contributed by atoms with van der Waals surface area (Å²) < 4.78 is 48.2. The molecule has 0 saturated heterocycles. The highest BCUT2D eigenvalue weighted by atomic mass is 32.2. The fourth-order valence-electron chi connectivity index (χ4n) is 2.50. The van der Waals surface area contributed by atoms with E-state index in [1.165, 1.54) is 29.5 Å². The molecule has 0 spiro atoms. The predicted molar refractivity (Wildman–Crippen MR) is 97.9 cm³/mol. The Morgan fingerprint density at radius 3 is 2.56 bits per heavy atom. The van der Waals surface area contributed by atoms with Gasteiger partial charge in [0.05, 0.1) is 5.56 Å². The molecule has 0 radical (unpaired) electrons. The maximum absolute atomic E-state index is 13.0. The third-order valence-electron chi connectivity index (χ3n) is 3.77. The molecule has 0 atom stereocenters. The van der Waals surface area contributed by atoms with Crippen LogP contribution in [0.5, 0.6) is 11.5 Å². The van der Waals surface area contributed by atoms with E-state index in [-0.39, 0.29) is 27.9 Å². The molecular weight excluding hydrogens is 391 g/mol. The molecule has 2 heterocycles. The molecule has 3 aromatic rings. The SMILES string of the molecule is O=C1/C(=C/c2cccs2)Oc2cc(OS(=O)(=O)c3ccc(F)cc3)ccc21. The zero-order valence-corrected chi connectivity index (χ0v) is 15.2. The molecule has 8 heteroatoms. The summed E-state index contributed by atoms with van der Waals surface area (Å²) in [5.41, 5.74) is 0.323. The van der Waals surface area contributed by atoms with Crippen LogP contribution in [-0.2, 0) is 10.1 Å². The first-order valence-electron chi connectivity index (χ1n) is 7.74. The molecule has 0 aliphatic carbocycles. The minimum atomic E-state index is -4.14. The molecule has 2 aromatic carbocycles. The van der Waals surface area contributed by atoms with Crippen LogP contribution in [0.3, 0.4) is 0 Å². The molecule has 0 unspecified atom stereocenters. The first-order valence-corrected chi connectivity index (χ1v) is 10.0. The summed E-state index contributed by atoms with van der Waals surface area (Å²) in [6.07, 6.45) is 1.63. The lowest BCUT2D eigenvalue weighted by Gasteiger charge is -2.07. The van der Waals surface area contributed by atoms with Crippen LogP contribution >= 0.6 is 11.3 Å². The molecule has 1 aliphatic heterocycles. The zero-order valence-electron chi connectivity index (χ0n) is 13.6. The minimum Gasteiger partial charge on any atom is -0.452 e. The number of ketones is 1. The highest BCUT2D eigenvalue weighted by Gasteiger charge is 2.28. The number of carbonyl (C=O) groups is 1. The van der Waals surface area contributed by atoms with E-state index in [0.29, 0.717) is 5.56 Å². The number of allylic oxidation sites excluding steroid dienone is 1. The van der Waals surface area contributed by atoms with Gasteiger partial charge in [-0.15, -0.1) is 11.3 Å². The standard InChI is InChI=1S/C19H11FO5S2/c20-12-3-6-15(7-4-12)27(22,23)25-13-5-8-16-17(10-13)24-18(19(16)21)11-14-2-1-9-26-14/h1-11H/b18-11-. The number of carbonyl (C=O) groups excluding carboxylic acids is 1. The van der Waals surface area contributed by atoms with E-state index in [1.807, 2.05) is 17.5 Å². The highest BCUT2D eigenvalue weighted by molar-refractivity contribution is 7.87. The van der Waals surface area contributed by atoms with E-state index in [9.17, 15) is 17.6 Å². The molecule has 4 rings (SSSR count). The first-order chi connectivity index (χ1) is 12.9. The number of rotatable bonds is 4. The van der Waals surface area contributed by atoms with Gasteiger partial charge in [-0.3, -0.25) is 4.79 Å².